The van der Waals surface area contributed by atoms with Crippen LogP contribution in [0.1, 0.15) is 11.1 Å². The van der Waals surface area contributed by atoms with E-state index in [1.54, 1.807) is 18.2 Å². The molecule has 2 aromatic carbocycles. The number of nitrogens with one attached hydrogen (secondary N) is 1. The Morgan fingerprint density at radius 3 is 2.43 bits per heavy atom. The average molecular weight is 331 g/mol. The van der Waals surface area contributed by atoms with E-state index < -0.39 is 11.6 Å². The van der Waals surface area contributed by atoms with Gasteiger partial charge in [0.1, 0.15) is 11.6 Å². The number of nitrogens with two attached hydrogens (primary N) is 1. The second-order valence-electron chi connectivity index (χ2n) is 4.72. The zero-order valence-corrected chi connectivity index (χ0v) is 12.6. The lowest BCUT2D eigenvalue weighted by atomic mass is 9.99. The molecule has 6 heteroatoms. The van der Waals surface area contributed by atoms with Crippen LogP contribution in [0.5, 0.6) is 0 Å². The Bertz CT molecular complexity index is 635. The zero-order valence-electron chi connectivity index (χ0n) is 11.0. The first-order valence-corrected chi connectivity index (χ1v) is 7.09. The summed E-state index contributed by atoms with van der Waals surface area (Å²) in [5, 5.41) is 0.420. The van der Waals surface area contributed by atoms with E-state index >= 15 is 0 Å². The Hall–Kier alpha value is -1.20. The van der Waals surface area contributed by atoms with Crippen LogP contribution in [0, 0.1) is 11.6 Å². The summed E-state index contributed by atoms with van der Waals surface area (Å²) in [6.45, 7) is 0. The molecule has 112 valence electrons. The second kappa shape index (κ2) is 7.18. The van der Waals surface area contributed by atoms with E-state index in [0.717, 1.165) is 5.56 Å². The Morgan fingerprint density at radius 1 is 1.05 bits per heavy atom. The van der Waals surface area contributed by atoms with E-state index in [1.807, 2.05) is 0 Å². The van der Waals surface area contributed by atoms with Crippen LogP contribution in [0.25, 0.3) is 0 Å². The predicted molar refractivity (Wildman–Crippen MR) is 81.3 cm³/mol. The summed E-state index contributed by atoms with van der Waals surface area (Å²) < 4.78 is 26.4. The van der Waals surface area contributed by atoms with Crippen molar-refractivity contribution in [1.29, 1.82) is 0 Å². The molecule has 0 amide bonds. The molecule has 0 spiro atoms. The highest BCUT2D eigenvalue weighted by Crippen LogP contribution is 2.23. The lowest BCUT2D eigenvalue weighted by molar-refractivity contribution is 0.520. The highest BCUT2D eigenvalue weighted by atomic mass is 35.5. The second-order valence-corrected chi connectivity index (χ2v) is 5.51. The van der Waals surface area contributed by atoms with Crippen molar-refractivity contribution < 1.29 is 8.78 Å². The van der Waals surface area contributed by atoms with Gasteiger partial charge in [0, 0.05) is 11.1 Å². The smallest absolute Gasteiger partial charge is 0.142 e. The van der Waals surface area contributed by atoms with Crippen molar-refractivity contribution in [3.8, 4) is 0 Å². The number of hydrogen-bond donors (Lipinski definition) is 2. The molecule has 1 unspecified atom stereocenters. The Morgan fingerprint density at radius 2 is 1.76 bits per heavy atom. The molecule has 0 saturated carbocycles. The first-order valence-electron chi connectivity index (χ1n) is 6.34. The van der Waals surface area contributed by atoms with Crippen molar-refractivity contribution in [2.24, 2.45) is 5.84 Å². The van der Waals surface area contributed by atoms with Gasteiger partial charge in [0.05, 0.1) is 5.02 Å². The van der Waals surface area contributed by atoms with Crippen LogP contribution in [-0.2, 0) is 12.8 Å². The third-order valence-electron chi connectivity index (χ3n) is 3.22. The van der Waals surface area contributed by atoms with Crippen molar-refractivity contribution in [1.82, 2.24) is 5.43 Å². The maximum atomic E-state index is 13.4. The lowest BCUT2D eigenvalue weighted by Gasteiger charge is -2.17. The van der Waals surface area contributed by atoms with Gasteiger partial charge in [-0.1, -0.05) is 41.4 Å². The number of rotatable bonds is 5. The van der Waals surface area contributed by atoms with E-state index in [9.17, 15) is 8.78 Å². The van der Waals surface area contributed by atoms with Gasteiger partial charge in [-0.3, -0.25) is 11.3 Å². The molecule has 3 N–H and O–H groups in total. The van der Waals surface area contributed by atoms with Gasteiger partial charge in [-0.05, 0) is 42.2 Å². The fourth-order valence-electron chi connectivity index (χ4n) is 2.11. The number of hydrazine groups is 1. The van der Waals surface area contributed by atoms with Crippen LogP contribution in [0.15, 0.2) is 36.4 Å². The molecule has 21 heavy (non-hydrogen) atoms. The van der Waals surface area contributed by atoms with E-state index in [2.05, 4.69) is 5.43 Å². The van der Waals surface area contributed by atoms with Gasteiger partial charge in [0.2, 0.25) is 0 Å². The minimum Gasteiger partial charge on any atom is -0.271 e. The molecule has 2 rings (SSSR count). The molecular weight excluding hydrogens is 317 g/mol. The molecule has 0 saturated heterocycles. The van der Waals surface area contributed by atoms with E-state index in [-0.39, 0.29) is 11.1 Å². The first-order chi connectivity index (χ1) is 10.0. The number of halogens is 4. The van der Waals surface area contributed by atoms with Crippen molar-refractivity contribution in [3.05, 3.63) is 69.2 Å². The maximum Gasteiger partial charge on any atom is 0.142 e. The Kier molecular flexibility index (Phi) is 5.53. The van der Waals surface area contributed by atoms with Crippen LogP contribution in [0.2, 0.25) is 10.0 Å². The maximum absolute atomic E-state index is 13.4. The molecule has 0 aromatic heterocycles. The quantitative estimate of drug-likeness (QED) is 0.644. The van der Waals surface area contributed by atoms with Crippen LogP contribution >= 0.6 is 23.2 Å². The molecule has 1 atom stereocenters. The van der Waals surface area contributed by atoms with E-state index in [4.69, 9.17) is 29.0 Å². The topological polar surface area (TPSA) is 38.0 Å². The van der Waals surface area contributed by atoms with Gasteiger partial charge in [-0.15, -0.1) is 0 Å². The SMILES string of the molecule is NNC(Cc1ccc(F)cc1Cl)Cc1cccc(F)c1Cl. The minimum absolute atomic E-state index is 0.0861. The van der Waals surface area contributed by atoms with Gasteiger partial charge in [0.15, 0.2) is 0 Å². The lowest BCUT2D eigenvalue weighted by Crippen LogP contribution is -2.38. The summed E-state index contributed by atoms with van der Waals surface area (Å²) in [6, 6.07) is 8.62. The largest absolute Gasteiger partial charge is 0.271 e. The molecule has 0 bridgehead atoms. The predicted octanol–water partition coefficient (Wildman–Crippen LogP) is 3.89. The molecule has 2 nitrogen and oxygen atoms in total. The van der Waals surface area contributed by atoms with Crippen LogP contribution < -0.4 is 11.3 Å². The Balaban J connectivity index is 2.15. The summed E-state index contributed by atoms with van der Waals surface area (Å²) >= 11 is 11.9. The summed E-state index contributed by atoms with van der Waals surface area (Å²) in [4.78, 5) is 0. The standard InChI is InChI=1S/C15H14Cl2F2N2/c16-13-8-11(18)5-4-9(13)6-12(21-20)7-10-2-1-3-14(19)15(10)17/h1-5,8,12,21H,6-7,20H2. The Labute approximate surface area is 131 Å². The fraction of sp³-hybridized carbons (Fsp3) is 0.200. The van der Waals surface area contributed by atoms with Gasteiger partial charge in [-0.25, -0.2) is 8.78 Å². The monoisotopic (exact) mass is 330 g/mol. The minimum atomic E-state index is -0.468. The molecular formula is C15H14Cl2F2N2. The van der Waals surface area contributed by atoms with Crippen molar-refractivity contribution in [3.63, 3.8) is 0 Å². The van der Waals surface area contributed by atoms with E-state index in [1.165, 1.54) is 18.2 Å². The van der Waals surface area contributed by atoms with Gasteiger partial charge in [-0.2, -0.15) is 0 Å². The van der Waals surface area contributed by atoms with Crippen LogP contribution in [0.3, 0.4) is 0 Å². The number of hydrogen-bond acceptors (Lipinski definition) is 2. The number of benzene rings is 2. The summed E-state index contributed by atoms with van der Waals surface area (Å²) in [7, 11) is 0. The zero-order chi connectivity index (χ0) is 15.4. The molecule has 2 aromatic rings. The average Bonchev–Trinajstić information content (AvgIpc) is 2.45. The highest BCUT2D eigenvalue weighted by Gasteiger charge is 2.14. The molecule has 0 aliphatic heterocycles. The van der Waals surface area contributed by atoms with Crippen LogP contribution in [-0.4, -0.2) is 6.04 Å². The van der Waals surface area contributed by atoms with Crippen molar-refractivity contribution in [2.45, 2.75) is 18.9 Å². The molecule has 0 aliphatic rings. The molecule has 0 aliphatic carbocycles. The third kappa shape index (κ3) is 4.14. The first kappa shape index (κ1) is 16.2. The van der Waals surface area contributed by atoms with E-state index in [0.29, 0.717) is 23.4 Å². The summed E-state index contributed by atoms with van der Waals surface area (Å²) in [5.41, 5.74) is 4.06. The van der Waals surface area contributed by atoms with Gasteiger partial charge < -0.3 is 0 Å². The normalized spacial score (nSPS) is 12.4. The summed E-state index contributed by atoms with van der Waals surface area (Å²) in [6.07, 6.45) is 0.906. The van der Waals surface area contributed by atoms with Gasteiger partial charge in [0.25, 0.3) is 0 Å². The summed E-state index contributed by atoms with van der Waals surface area (Å²) in [5.74, 6) is 4.67. The third-order valence-corrected chi connectivity index (χ3v) is 3.99. The van der Waals surface area contributed by atoms with Crippen molar-refractivity contribution >= 4 is 23.2 Å². The van der Waals surface area contributed by atoms with Gasteiger partial charge >= 0.3 is 0 Å². The molecule has 0 heterocycles. The van der Waals surface area contributed by atoms with Crippen LogP contribution in [0.4, 0.5) is 8.78 Å². The van der Waals surface area contributed by atoms with Crippen molar-refractivity contribution in [2.75, 3.05) is 0 Å². The fourth-order valence-corrected chi connectivity index (χ4v) is 2.56. The molecule has 0 radical (unpaired) electrons. The molecule has 0 fully saturated rings. The highest BCUT2D eigenvalue weighted by molar-refractivity contribution is 6.31.